The van der Waals surface area contributed by atoms with Crippen LogP contribution in [0.3, 0.4) is 0 Å². The Hall–Kier alpha value is -1.84. The van der Waals surface area contributed by atoms with E-state index in [0.29, 0.717) is 32.2 Å². The topological polar surface area (TPSA) is 15.7 Å². The zero-order valence-electron chi connectivity index (χ0n) is 21.5. The van der Waals surface area contributed by atoms with Crippen LogP contribution in [0, 0.1) is 5.92 Å². The fourth-order valence-electron chi connectivity index (χ4n) is 3.51. The fraction of sp³-hybridized carbons (Fsp3) is 0.500. The molecule has 0 N–H and O–H groups in total. The van der Waals surface area contributed by atoms with Crippen molar-refractivity contribution in [3.05, 3.63) is 66.1 Å². The van der Waals surface area contributed by atoms with Gasteiger partial charge >= 0.3 is 0 Å². The largest absolute Gasteiger partial charge is 0.379 e. The number of rotatable bonds is 10. The van der Waals surface area contributed by atoms with E-state index in [1.165, 1.54) is 0 Å². The van der Waals surface area contributed by atoms with Gasteiger partial charge in [0.15, 0.2) is 0 Å². The second-order valence-corrected chi connectivity index (χ2v) is 7.67. The molecule has 3 heteroatoms. The number of hydrogen-bond donors (Lipinski definition) is 0. The molecule has 2 aromatic rings. The van der Waals surface area contributed by atoms with Crippen LogP contribution in [0.2, 0.25) is 0 Å². The number of benzene rings is 2. The average Bonchev–Trinajstić information content (AvgIpc) is 3.31. The minimum Gasteiger partial charge on any atom is -0.379 e. The molecule has 0 amide bonds. The monoisotopic (exact) mass is 371 g/mol. The molecule has 2 aromatic carbocycles. The molecule has 1 atom stereocenters. The zero-order chi connectivity index (χ0) is 23.3. The molecule has 0 spiro atoms. The standard InChI is InChI=1S/C24H34N2O/c1-21(2)19-27-20-24(25-15-9-10-16-25)18-26(23-13-7-4-8-14-23)17-22-11-5-3-6-12-22/h3-8,11-14,21,24H,9-10,15-20H2,1-2H3/i4D,7D,8D,13D,14D. The molecule has 0 aromatic heterocycles. The SMILES string of the molecule is [2H]c1c([2H])c([2H])c(N(Cc2ccccc2)CC(COCC(C)C)N2CCCC2)c([2H])c1[2H]. The molecule has 1 fully saturated rings. The Balaban J connectivity index is 1.96. The molecule has 27 heavy (non-hydrogen) atoms. The first-order valence-electron chi connectivity index (χ1n) is 12.5. The molecule has 3 rings (SSSR count). The Labute approximate surface area is 172 Å². The molecule has 0 radical (unpaired) electrons. The summed E-state index contributed by atoms with van der Waals surface area (Å²) in [7, 11) is 0. The summed E-state index contributed by atoms with van der Waals surface area (Å²) in [5.74, 6) is 0.440. The van der Waals surface area contributed by atoms with Gasteiger partial charge in [-0.05, 0) is 49.5 Å². The molecule has 1 aliphatic rings. The molecule has 146 valence electrons. The van der Waals surface area contributed by atoms with Gasteiger partial charge in [0, 0.05) is 25.4 Å². The highest BCUT2D eigenvalue weighted by Gasteiger charge is 2.25. The highest BCUT2D eigenvalue weighted by molar-refractivity contribution is 5.47. The van der Waals surface area contributed by atoms with Crippen molar-refractivity contribution in [3.63, 3.8) is 0 Å². The Morgan fingerprint density at radius 1 is 1.04 bits per heavy atom. The molecule has 1 aliphatic heterocycles. The van der Waals surface area contributed by atoms with Crippen molar-refractivity contribution < 1.29 is 11.6 Å². The first-order valence-corrected chi connectivity index (χ1v) is 9.97. The van der Waals surface area contributed by atoms with E-state index in [1.807, 2.05) is 35.2 Å². The molecule has 0 saturated carbocycles. The van der Waals surface area contributed by atoms with Crippen molar-refractivity contribution in [2.45, 2.75) is 39.3 Å². The second kappa shape index (κ2) is 10.5. The van der Waals surface area contributed by atoms with E-state index in [-0.39, 0.29) is 41.9 Å². The number of nitrogens with zero attached hydrogens (tertiary/aromatic N) is 2. The van der Waals surface area contributed by atoms with Crippen LogP contribution in [0.1, 0.15) is 39.1 Å². The lowest BCUT2D eigenvalue weighted by atomic mass is 10.1. The number of hydrogen-bond acceptors (Lipinski definition) is 3. The lowest BCUT2D eigenvalue weighted by Crippen LogP contribution is -2.45. The van der Waals surface area contributed by atoms with Crippen molar-refractivity contribution in [2.24, 2.45) is 5.92 Å². The van der Waals surface area contributed by atoms with E-state index >= 15 is 0 Å². The summed E-state index contributed by atoms with van der Waals surface area (Å²) >= 11 is 0. The van der Waals surface area contributed by atoms with Gasteiger partial charge in [-0.15, -0.1) is 0 Å². The smallest absolute Gasteiger partial charge is 0.0645 e. The maximum absolute atomic E-state index is 8.52. The van der Waals surface area contributed by atoms with E-state index in [1.54, 1.807) is 0 Å². The van der Waals surface area contributed by atoms with Crippen LogP contribution < -0.4 is 4.90 Å². The predicted molar refractivity (Wildman–Crippen MR) is 114 cm³/mol. The van der Waals surface area contributed by atoms with Crippen LogP contribution in [0.5, 0.6) is 0 Å². The van der Waals surface area contributed by atoms with Gasteiger partial charge in [0.2, 0.25) is 0 Å². The highest BCUT2D eigenvalue weighted by Crippen LogP contribution is 2.20. The van der Waals surface area contributed by atoms with Gasteiger partial charge in [0.05, 0.1) is 19.5 Å². The summed E-state index contributed by atoms with van der Waals surface area (Å²) in [6.07, 6.45) is 2.29. The van der Waals surface area contributed by atoms with Crippen LogP contribution in [-0.2, 0) is 11.3 Å². The molecule has 3 nitrogen and oxygen atoms in total. The van der Waals surface area contributed by atoms with Crippen molar-refractivity contribution in [1.82, 2.24) is 4.90 Å². The summed E-state index contributed by atoms with van der Waals surface area (Å²) in [6.45, 7) is 8.47. The van der Waals surface area contributed by atoms with Gasteiger partial charge in [0.25, 0.3) is 0 Å². The molecular weight excluding hydrogens is 332 g/mol. The van der Waals surface area contributed by atoms with Gasteiger partial charge in [-0.3, -0.25) is 4.90 Å². The Bertz CT molecular complexity index is 859. The zero-order valence-corrected chi connectivity index (χ0v) is 16.5. The third-order valence-corrected chi connectivity index (χ3v) is 4.87. The molecule has 0 bridgehead atoms. The Morgan fingerprint density at radius 3 is 2.41 bits per heavy atom. The van der Waals surface area contributed by atoms with Gasteiger partial charge in [-0.1, -0.05) is 62.3 Å². The normalized spacial score (nSPS) is 18.6. The third-order valence-electron chi connectivity index (χ3n) is 4.87. The van der Waals surface area contributed by atoms with Crippen LogP contribution in [0.4, 0.5) is 5.69 Å². The molecule has 1 unspecified atom stereocenters. The minimum absolute atomic E-state index is 0.0813. The fourth-order valence-corrected chi connectivity index (χ4v) is 3.51. The first kappa shape index (κ1) is 14.2. The Kier molecular flexibility index (Phi) is 5.51. The number of ether oxygens (including phenoxy) is 1. The summed E-state index contributed by atoms with van der Waals surface area (Å²) in [5.41, 5.74) is 1.29. The van der Waals surface area contributed by atoms with Crippen molar-refractivity contribution >= 4 is 5.69 Å². The van der Waals surface area contributed by atoms with E-state index in [4.69, 9.17) is 11.6 Å². The molecule has 1 heterocycles. The predicted octanol–water partition coefficient (Wildman–Crippen LogP) is 4.83. The lowest BCUT2D eigenvalue weighted by molar-refractivity contribution is 0.0567. The summed E-state index contributed by atoms with van der Waals surface area (Å²) in [5, 5.41) is 0. The van der Waals surface area contributed by atoms with Gasteiger partial charge in [-0.25, -0.2) is 0 Å². The van der Waals surface area contributed by atoms with Crippen molar-refractivity contribution in [3.8, 4) is 0 Å². The molecule has 1 saturated heterocycles. The maximum Gasteiger partial charge on any atom is 0.0645 e. The summed E-state index contributed by atoms with van der Waals surface area (Å²) in [6, 6.07) is 8.68. The average molecular weight is 372 g/mol. The van der Waals surface area contributed by atoms with Crippen molar-refractivity contribution in [2.75, 3.05) is 37.7 Å². The third kappa shape index (κ3) is 6.37. The van der Waals surface area contributed by atoms with Crippen LogP contribution in [0.25, 0.3) is 0 Å². The van der Waals surface area contributed by atoms with Gasteiger partial charge < -0.3 is 9.64 Å². The lowest BCUT2D eigenvalue weighted by Gasteiger charge is -2.34. The van der Waals surface area contributed by atoms with Crippen LogP contribution >= 0.6 is 0 Å². The molecule has 0 aliphatic carbocycles. The summed E-state index contributed by atoms with van der Waals surface area (Å²) in [4.78, 5) is 4.35. The van der Waals surface area contributed by atoms with Gasteiger partial charge in [-0.2, -0.15) is 0 Å². The van der Waals surface area contributed by atoms with Crippen LogP contribution in [-0.4, -0.2) is 43.8 Å². The summed E-state index contributed by atoms with van der Waals surface area (Å²) < 4.78 is 47.3. The second-order valence-electron chi connectivity index (χ2n) is 7.67. The van der Waals surface area contributed by atoms with Crippen LogP contribution in [0.15, 0.2) is 60.5 Å². The van der Waals surface area contributed by atoms with E-state index < -0.39 is 0 Å². The van der Waals surface area contributed by atoms with E-state index in [9.17, 15) is 0 Å². The quantitative estimate of drug-likeness (QED) is 0.595. The highest BCUT2D eigenvalue weighted by atomic mass is 16.5. The Morgan fingerprint density at radius 2 is 1.74 bits per heavy atom. The van der Waals surface area contributed by atoms with E-state index in [0.717, 1.165) is 31.5 Å². The first-order chi connectivity index (χ1) is 15.3. The van der Waals surface area contributed by atoms with E-state index in [2.05, 4.69) is 18.7 Å². The van der Waals surface area contributed by atoms with Gasteiger partial charge in [0.1, 0.15) is 0 Å². The maximum atomic E-state index is 8.52. The number of para-hydroxylation sites is 1. The minimum atomic E-state index is -0.361. The number of anilines is 1. The number of likely N-dealkylation sites (tertiary alicyclic amines) is 1. The molecular formula is C24H34N2O. The van der Waals surface area contributed by atoms with Crippen molar-refractivity contribution in [1.29, 1.82) is 0 Å².